The van der Waals surface area contributed by atoms with Crippen molar-refractivity contribution in [3.05, 3.63) is 47.1 Å². The Morgan fingerprint density at radius 1 is 1.33 bits per heavy atom. The summed E-state index contributed by atoms with van der Waals surface area (Å²) in [5.74, 6) is -1.08. The Bertz CT molecular complexity index is 681. The van der Waals surface area contributed by atoms with E-state index in [1.54, 1.807) is 6.07 Å². The fourth-order valence-electron chi connectivity index (χ4n) is 1.54. The van der Waals surface area contributed by atoms with Crippen molar-refractivity contribution in [1.29, 1.82) is 0 Å². The van der Waals surface area contributed by atoms with Gasteiger partial charge in [0.25, 0.3) is 0 Å². The zero-order chi connectivity index (χ0) is 16.0. The van der Waals surface area contributed by atoms with Crippen LogP contribution in [0.4, 0.5) is 0 Å². The van der Waals surface area contributed by atoms with Gasteiger partial charge in [-0.3, -0.25) is 4.55 Å². The summed E-state index contributed by atoms with van der Waals surface area (Å²) in [6, 6.07) is 4.45. The molecule has 6 nitrogen and oxygen atoms in total. The number of carbonyl (C=O) groups is 1. The molecule has 21 heavy (non-hydrogen) atoms. The standard InChI is InChI=1S/C14H16O6S/c1-10(2)3-6-12-9-11(5-8-14(15)16)4-7-13(12)20-21(17,18)19/h3-5,7-9H,6H2,1-2H3,(H,15,16)(H,17,18,19). The Hall–Kier alpha value is -2.12. The van der Waals surface area contributed by atoms with Crippen LogP contribution in [0.25, 0.3) is 6.08 Å². The Morgan fingerprint density at radius 3 is 2.52 bits per heavy atom. The number of rotatable bonds is 6. The number of carboxylic acid groups (broad SMARTS) is 1. The van der Waals surface area contributed by atoms with Gasteiger partial charge in [-0.1, -0.05) is 17.7 Å². The third kappa shape index (κ3) is 6.73. The molecule has 0 aliphatic rings. The number of aliphatic carboxylic acids is 1. The highest BCUT2D eigenvalue weighted by Gasteiger charge is 2.11. The molecule has 0 bridgehead atoms. The van der Waals surface area contributed by atoms with Crippen LogP contribution < -0.4 is 4.18 Å². The number of carboxylic acids is 1. The average molecular weight is 312 g/mol. The van der Waals surface area contributed by atoms with E-state index in [1.807, 2.05) is 19.9 Å². The lowest BCUT2D eigenvalue weighted by molar-refractivity contribution is -0.131. The molecule has 2 N–H and O–H groups in total. The van der Waals surface area contributed by atoms with Crippen LogP contribution >= 0.6 is 0 Å². The smallest absolute Gasteiger partial charge is 0.446 e. The maximum atomic E-state index is 10.8. The maximum absolute atomic E-state index is 10.8. The highest BCUT2D eigenvalue weighted by Crippen LogP contribution is 2.23. The Kier molecular flexibility index (Phi) is 5.69. The van der Waals surface area contributed by atoms with Crippen molar-refractivity contribution in [2.75, 3.05) is 0 Å². The molecule has 0 aliphatic carbocycles. The molecule has 1 aromatic carbocycles. The molecule has 0 fully saturated rings. The van der Waals surface area contributed by atoms with E-state index in [0.717, 1.165) is 11.6 Å². The lowest BCUT2D eigenvalue weighted by Gasteiger charge is -2.08. The van der Waals surface area contributed by atoms with Crippen LogP contribution in [0.5, 0.6) is 5.75 Å². The normalized spacial score (nSPS) is 11.4. The summed E-state index contributed by atoms with van der Waals surface area (Å²) < 4.78 is 34.9. The number of benzene rings is 1. The van der Waals surface area contributed by atoms with Gasteiger partial charge in [0.1, 0.15) is 5.75 Å². The minimum absolute atomic E-state index is 0.00229. The third-order valence-electron chi connectivity index (χ3n) is 2.43. The maximum Gasteiger partial charge on any atom is 0.446 e. The van der Waals surface area contributed by atoms with E-state index in [-0.39, 0.29) is 5.75 Å². The summed E-state index contributed by atoms with van der Waals surface area (Å²) in [7, 11) is -4.61. The first kappa shape index (κ1) is 16.9. The van der Waals surface area contributed by atoms with Crippen molar-refractivity contribution >= 4 is 22.4 Å². The van der Waals surface area contributed by atoms with Gasteiger partial charge in [-0.25, -0.2) is 4.79 Å². The minimum atomic E-state index is -4.61. The van der Waals surface area contributed by atoms with Gasteiger partial charge in [-0.2, -0.15) is 8.42 Å². The number of allylic oxidation sites excluding steroid dienone is 2. The molecule has 0 radical (unpaired) electrons. The highest BCUT2D eigenvalue weighted by molar-refractivity contribution is 7.81. The summed E-state index contributed by atoms with van der Waals surface area (Å²) in [6.45, 7) is 3.77. The molecule has 1 rings (SSSR count). The second kappa shape index (κ2) is 7.05. The zero-order valence-electron chi connectivity index (χ0n) is 11.6. The van der Waals surface area contributed by atoms with E-state index in [2.05, 4.69) is 4.18 Å². The second-order valence-corrected chi connectivity index (χ2v) is 5.56. The molecule has 114 valence electrons. The van der Waals surface area contributed by atoms with Crippen LogP contribution in [0.1, 0.15) is 25.0 Å². The van der Waals surface area contributed by atoms with Crippen molar-refractivity contribution in [2.24, 2.45) is 0 Å². The van der Waals surface area contributed by atoms with Crippen LogP contribution in [-0.2, 0) is 21.6 Å². The van der Waals surface area contributed by atoms with Gasteiger partial charge in [-0.15, -0.1) is 0 Å². The van der Waals surface area contributed by atoms with Gasteiger partial charge in [0, 0.05) is 11.6 Å². The fraction of sp³-hybridized carbons (Fsp3) is 0.214. The van der Waals surface area contributed by atoms with Crippen molar-refractivity contribution < 1.29 is 27.1 Å². The third-order valence-corrected chi connectivity index (χ3v) is 2.82. The van der Waals surface area contributed by atoms with Crippen LogP contribution in [0.2, 0.25) is 0 Å². The van der Waals surface area contributed by atoms with Gasteiger partial charge in [0.05, 0.1) is 0 Å². The lowest BCUT2D eigenvalue weighted by Crippen LogP contribution is -2.08. The monoisotopic (exact) mass is 312 g/mol. The van der Waals surface area contributed by atoms with Gasteiger partial charge >= 0.3 is 16.4 Å². The predicted octanol–water partition coefficient (Wildman–Crippen LogP) is 2.47. The van der Waals surface area contributed by atoms with E-state index >= 15 is 0 Å². The highest BCUT2D eigenvalue weighted by atomic mass is 32.3. The van der Waals surface area contributed by atoms with Crippen LogP contribution in [0.15, 0.2) is 35.9 Å². The first-order valence-corrected chi connectivity index (χ1v) is 7.38. The molecule has 0 aromatic heterocycles. The first-order valence-electron chi connectivity index (χ1n) is 6.01. The van der Waals surface area contributed by atoms with Gasteiger partial charge in [0.2, 0.25) is 0 Å². The second-order valence-electron chi connectivity index (χ2n) is 4.54. The van der Waals surface area contributed by atoms with E-state index < -0.39 is 16.4 Å². The molecule has 1 aromatic rings. The Labute approximate surface area is 123 Å². The summed E-state index contributed by atoms with van der Waals surface area (Å²) in [5.41, 5.74) is 2.12. The van der Waals surface area contributed by atoms with Crippen LogP contribution in [0.3, 0.4) is 0 Å². The lowest BCUT2D eigenvalue weighted by atomic mass is 10.1. The fourth-order valence-corrected chi connectivity index (χ4v) is 1.93. The molecule has 0 amide bonds. The predicted molar refractivity (Wildman–Crippen MR) is 78.4 cm³/mol. The van der Waals surface area contributed by atoms with E-state index in [4.69, 9.17) is 9.66 Å². The molecule has 0 saturated heterocycles. The summed E-state index contributed by atoms with van der Waals surface area (Å²) in [4.78, 5) is 10.5. The van der Waals surface area contributed by atoms with Gasteiger partial charge < -0.3 is 9.29 Å². The van der Waals surface area contributed by atoms with Crippen LogP contribution in [-0.4, -0.2) is 24.0 Å². The Balaban J connectivity index is 3.19. The summed E-state index contributed by atoms with van der Waals surface area (Å²) >= 11 is 0. The van der Waals surface area contributed by atoms with Crippen molar-refractivity contribution in [3.63, 3.8) is 0 Å². The molecule has 0 aliphatic heterocycles. The van der Waals surface area contributed by atoms with Crippen molar-refractivity contribution in [2.45, 2.75) is 20.3 Å². The SMILES string of the molecule is CC(C)=CCc1cc(C=CC(=O)O)ccc1OS(=O)(=O)O. The largest absolute Gasteiger partial charge is 0.478 e. The van der Waals surface area contributed by atoms with E-state index in [0.29, 0.717) is 17.5 Å². The average Bonchev–Trinajstić information content (AvgIpc) is 2.33. The first-order chi connectivity index (χ1) is 9.67. The molecule has 0 saturated carbocycles. The minimum Gasteiger partial charge on any atom is -0.478 e. The molecular formula is C14H16O6S. The summed E-state index contributed by atoms with van der Waals surface area (Å²) in [5, 5.41) is 8.59. The van der Waals surface area contributed by atoms with Crippen molar-refractivity contribution in [3.8, 4) is 5.75 Å². The molecule has 0 heterocycles. The number of hydrogen-bond donors (Lipinski definition) is 2. The quantitative estimate of drug-likeness (QED) is 0.475. The van der Waals surface area contributed by atoms with Gasteiger partial charge in [0.15, 0.2) is 0 Å². The zero-order valence-corrected chi connectivity index (χ0v) is 12.4. The van der Waals surface area contributed by atoms with E-state index in [9.17, 15) is 13.2 Å². The molecule has 0 unspecified atom stereocenters. The van der Waals surface area contributed by atoms with Crippen molar-refractivity contribution in [1.82, 2.24) is 0 Å². The number of hydrogen-bond acceptors (Lipinski definition) is 4. The Morgan fingerprint density at radius 2 is 2.00 bits per heavy atom. The van der Waals surface area contributed by atoms with Gasteiger partial charge in [-0.05, 0) is 44.0 Å². The molecule has 0 atom stereocenters. The van der Waals surface area contributed by atoms with E-state index in [1.165, 1.54) is 18.2 Å². The molecule has 0 spiro atoms. The molecular weight excluding hydrogens is 296 g/mol. The molecule has 7 heteroatoms. The topological polar surface area (TPSA) is 101 Å². The van der Waals surface area contributed by atoms with Crippen LogP contribution in [0, 0.1) is 0 Å². The summed E-state index contributed by atoms with van der Waals surface area (Å²) in [6.07, 6.45) is 4.60.